The quantitative estimate of drug-likeness (QED) is 0.230. The smallest absolute Gasteiger partial charge is 0.341 e. The number of halogens is 1. The zero-order valence-electron chi connectivity index (χ0n) is 21.2. The molecule has 0 saturated heterocycles. The maximum Gasteiger partial charge on any atom is 0.341 e. The van der Waals surface area contributed by atoms with Gasteiger partial charge in [-0.3, -0.25) is 4.79 Å². The molecular formula is C31H25FN2O3S. The van der Waals surface area contributed by atoms with E-state index in [0.717, 1.165) is 22.4 Å². The van der Waals surface area contributed by atoms with Gasteiger partial charge in [0.15, 0.2) is 0 Å². The van der Waals surface area contributed by atoms with E-state index >= 15 is 0 Å². The van der Waals surface area contributed by atoms with Crippen molar-refractivity contribution in [2.45, 2.75) is 20.8 Å². The number of nitrogens with zero attached hydrogens (tertiary/aromatic N) is 1. The van der Waals surface area contributed by atoms with Crippen LogP contribution in [0.3, 0.4) is 0 Å². The van der Waals surface area contributed by atoms with E-state index in [1.54, 1.807) is 24.4 Å². The minimum absolute atomic E-state index is 0.179. The second-order valence-electron chi connectivity index (χ2n) is 8.88. The van der Waals surface area contributed by atoms with Crippen molar-refractivity contribution in [2.24, 2.45) is 0 Å². The molecule has 2 aromatic heterocycles. The van der Waals surface area contributed by atoms with Crippen LogP contribution < -0.4 is 5.32 Å². The molecule has 1 amide bonds. The molecule has 0 aliphatic carbocycles. The Kier molecular flexibility index (Phi) is 7.03. The molecule has 1 N–H and O–H groups in total. The van der Waals surface area contributed by atoms with E-state index in [1.165, 1.54) is 23.5 Å². The van der Waals surface area contributed by atoms with Crippen molar-refractivity contribution >= 4 is 39.1 Å². The third-order valence-electron chi connectivity index (χ3n) is 6.34. The number of esters is 1. The number of fused-ring (bicyclic) bond motifs is 1. The van der Waals surface area contributed by atoms with Gasteiger partial charge in [-0.05, 0) is 50.1 Å². The van der Waals surface area contributed by atoms with Crippen LogP contribution in [0.1, 0.15) is 38.8 Å². The lowest BCUT2D eigenvalue weighted by atomic mass is 9.96. The van der Waals surface area contributed by atoms with Gasteiger partial charge in [0.2, 0.25) is 0 Å². The maximum absolute atomic E-state index is 13.9. The third-order valence-corrected chi connectivity index (χ3v) is 7.24. The number of carbonyl (C=O) groups is 2. The van der Waals surface area contributed by atoms with Crippen molar-refractivity contribution in [2.75, 3.05) is 11.9 Å². The second kappa shape index (κ2) is 10.6. The van der Waals surface area contributed by atoms with Crippen LogP contribution in [0, 0.1) is 19.7 Å². The largest absolute Gasteiger partial charge is 0.462 e. The number of hydrogen-bond donors (Lipinski definition) is 1. The predicted octanol–water partition coefficient (Wildman–Crippen LogP) is 7.82. The van der Waals surface area contributed by atoms with Gasteiger partial charge in [-0.15, -0.1) is 11.3 Å². The normalized spacial score (nSPS) is 10.9. The number of thiophene rings is 1. The Morgan fingerprint density at radius 1 is 0.921 bits per heavy atom. The van der Waals surface area contributed by atoms with E-state index in [9.17, 15) is 14.0 Å². The Morgan fingerprint density at radius 3 is 2.32 bits per heavy atom. The zero-order valence-corrected chi connectivity index (χ0v) is 22.0. The van der Waals surface area contributed by atoms with E-state index in [2.05, 4.69) is 5.32 Å². The highest BCUT2D eigenvalue weighted by Crippen LogP contribution is 2.37. The number of nitrogens with one attached hydrogen (secondary N) is 1. The number of aromatic nitrogens is 1. The first-order chi connectivity index (χ1) is 18.4. The average Bonchev–Trinajstić information content (AvgIpc) is 3.33. The summed E-state index contributed by atoms with van der Waals surface area (Å²) in [4.78, 5) is 31.7. The number of pyridine rings is 1. The monoisotopic (exact) mass is 524 g/mol. The van der Waals surface area contributed by atoms with Gasteiger partial charge in [-0.25, -0.2) is 14.2 Å². The summed E-state index contributed by atoms with van der Waals surface area (Å²) >= 11 is 1.22. The van der Waals surface area contributed by atoms with E-state index in [0.29, 0.717) is 32.6 Å². The van der Waals surface area contributed by atoms with Gasteiger partial charge in [0, 0.05) is 21.9 Å². The number of benzene rings is 3. The SMILES string of the molecule is CCOC(=O)c1c(-c2ccc(F)cc2)csc1NC(=O)c1c(C)c(-c2ccc(C)cc2)nc2ccccc12. The second-order valence-corrected chi connectivity index (χ2v) is 9.76. The van der Waals surface area contributed by atoms with Crippen LogP contribution in [0.2, 0.25) is 0 Å². The van der Waals surface area contributed by atoms with Crippen LogP contribution in [0.5, 0.6) is 0 Å². The Hall–Kier alpha value is -4.36. The zero-order chi connectivity index (χ0) is 26.8. The minimum atomic E-state index is -0.556. The van der Waals surface area contributed by atoms with Crippen molar-refractivity contribution in [3.05, 3.63) is 106 Å². The van der Waals surface area contributed by atoms with Gasteiger partial charge in [-0.2, -0.15) is 0 Å². The highest BCUT2D eigenvalue weighted by molar-refractivity contribution is 7.15. The molecular weight excluding hydrogens is 499 g/mol. The lowest BCUT2D eigenvalue weighted by molar-refractivity contribution is 0.0529. The number of rotatable bonds is 6. The van der Waals surface area contributed by atoms with Crippen molar-refractivity contribution < 1.29 is 18.7 Å². The first kappa shape index (κ1) is 25.3. The molecule has 2 heterocycles. The molecule has 0 saturated carbocycles. The summed E-state index contributed by atoms with van der Waals surface area (Å²) in [7, 11) is 0. The molecule has 0 radical (unpaired) electrons. The molecule has 3 aromatic carbocycles. The summed E-state index contributed by atoms with van der Waals surface area (Å²) in [5.41, 5.74) is 6.14. The molecule has 0 aliphatic heterocycles. The molecule has 38 heavy (non-hydrogen) atoms. The number of carbonyl (C=O) groups excluding carboxylic acids is 2. The van der Waals surface area contributed by atoms with Crippen molar-refractivity contribution in [1.82, 2.24) is 4.98 Å². The summed E-state index contributed by atoms with van der Waals surface area (Å²) in [5, 5.41) is 5.81. The fourth-order valence-electron chi connectivity index (χ4n) is 4.46. The van der Waals surface area contributed by atoms with Crippen LogP contribution in [0.4, 0.5) is 9.39 Å². The van der Waals surface area contributed by atoms with E-state index in [4.69, 9.17) is 9.72 Å². The van der Waals surface area contributed by atoms with Crippen LogP contribution >= 0.6 is 11.3 Å². The van der Waals surface area contributed by atoms with Gasteiger partial charge in [0.25, 0.3) is 5.91 Å². The number of amides is 1. The Balaban J connectivity index is 1.61. The lowest BCUT2D eigenvalue weighted by Crippen LogP contribution is -2.17. The van der Waals surface area contributed by atoms with E-state index in [-0.39, 0.29) is 23.9 Å². The highest BCUT2D eigenvalue weighted by atomic mass is 32.1. The fraction of sp³-hybridized carbons (Fsp3) is 0.129. The summed E-state index contributed by atoms with van der Waals surface area (Å²) in [6, 6.07) is 21.4. The first-order valence-electron chi connectivity index (χ1n) is 12.2. The average molecular weight is 525 g/mol. The van der Waals surface area contributed by atoms with Crippen LogP contribution in [-0.4, -0.2) is 23.5 Å². The molecule has 0 atom stereocenters. The molecule has 0 bridgehead atoms. The van der Waals surface area contributed by atoms with E-state index in [1.807, 2.05) is 62.4 Å². The molecule has 0 unspecified atom stereocenters. The summed E-state index contributed by atoms with van der Waals surface area (Å²) < 4.78 is 18.8. The Bertz CT molecular complexity index is 1660. The standard InChI is InChI=1S/C31H25FN2O3S/c1-4-37-31(36)27-24(20-13-15-22(32)16-14-20)17-38-30(27)34-29(35)26-19(3)28(21-11-9-18(2)10-12-21)33-25-8-6-5-7-23(25)26/h5-17H,4H2,1-3H3,(H,34,35). The number of hydrogen-bond acceptors (Lipinski definition) is 5. The number of ether oxygens (including phenoxy) is 1. The summed E-state index contributed by atoms with van der Waals surface area (Å²) in [5.74, 6) is -1.29. The minimum Gasteiger partial charge on any atom is -0.462 e. The summed E-state index contributed by atoms with van der Waals surface area (Å²) in [6.07, 6.45) is 0. The Morgan fingerprint density at radius 2 is 1.61 bits per heavy atom. The number of anilines is 1. The fourth-order valence-corrected chi connectivity index (χ4v) is 5.41. The van der Waals surface area contributed by atoms with Crippen molar-refractivity contribution in [3.8, 4) is 22.4 Å². The third kappa shape index (κ3) is 4.80. The molecule has 5 nitrogen and oxygen atoms in total. The van der Waals surface area contributed by atoms with Gasteiger partial charge < -0.3 is 10.1 Å². The van der Waals surface area contributed by atoms with Crippen LogP contribution in [0.25, 0.3) is 33.3 Å². The highest BCUT2D eigenvalue weighted by Gasteiger charge is 2.25. The maximum atomic E-state index is 13.9. The molecule has 0 fully saturated rings. The first-order valence-corrected chi connectivity index (χ1v) is 13.1. The molecule has 190 valence electrons. The lowest BCUT2D eigenvalue weighted by Gasteiger charge is -2.15. The number of para-hydroxylation sites is 1. The van der Waals surface area contributed by atoms with Crippen molar-refractivity contribution in [3.63, 3.8) is 0 Å². The summed E-state index contributed by atoms with van der Waals surface area (Å²) in [6.45, 7) is 5.80. The van der Waals surface area contributed by atoms with Crippen LogP contribution in [-0.2, 0) is 4.74 Å². The molecule has 5 aromatic rings. The Labute approximate surface area is 223 Å². The molecule has 0 aliphatic rings. The molecule has 0 spiro atoms. The topological polar surface area (TPSA) is 68.3 Å². The molecule has 7 heteroatoms. The predicted molar refractivity (Wildman–Crippen MR) is 150 cm³/mol. The van der Waals surface area contributed by atoms with Crippen molar-refractivity contribution in [1.29, 1.82) is 0 Å². The van der Waals surface area contributed by atoms with Gasteiger partial charge in [-0.1, -0.05) is 60.2 Å². The van der Waals surface area contributed by atoms with Crippen LogP contribution in [0.15, 0.2) is 78.2 Å². The van der Waals surface area contributed by atoms with E-state index < -0.39 is 5.97 Å². The van der Waals surface area contributed by atoms with Gasteiger partial charge in [0.05, 0.1) is 23.4 Å². The molecule has 5 rings (SSSR count). The number of aryl methyl sites for hydroxylation is 1. The van der Waals surface area contributed by atoms with Gasteiger partial charge in [0.1, 0.15) is 16.4 Å². The van der Waals surface area contributed by atoms with Gasteiger partial charge >= 0.3 is 5.97 Å².